The Morgan fingerprint density at radius 1 is 1.47 bits per heavy atom. The van der Waals surface area contributed by atoms with Gasteiger partial charge in [0.15, 0.2) is 0 Å². The second-order valence-corrected chi connectivity index (χ2v) is 5.07. The van der Waals surface area contributed by atoms with Crippen molar-refractivity contribution in [2.24, 2.45) is 0 Å². The molecule has 0 aromatic heterocycles. The van der Waals surface area contributed by atoms with Gasteiger partial charge in [0, 0.05) is 17.6 Å². The molecule has 1 heterocycles. The van der Waals surface area contributed by atoms with E-state index in [9.17, 15) is 4.79 Å². The van der Waals surface area contributed by atoms with E-state index in [1.54, 1.807) is 6.92 Å². The molecule has 0 bridgehead atoms. The zero-order chi connectivity index (χ0) is 12.6. The molecular formula is C14H17NO2. The van der Waals surface area contributed by atoms with Gasteiger partial charge >= 0.3 is 0 Å². The highest BCUT2D eigenvalue weighted by Gasteiger charge is 2.31. The number of amides is 1. The fourth-order valence-electron chi connectivity index (χ4n) is 1.94. The van der Waals surface area contributed by atoms with Crippen molar-refractivity contribution in [2.45, 2.75) is 32.8 Å². The number of carbonyl (C=O) groups is 1. The van der Waals surface area contributed by atoms with Crippen LogP contribution in [-0.2, 0) is 11.2 Å². The first kappa shape index (κ1) is 11.7. The summed E-state index contributed by atoms with van der Waals surface area (Å²) >= 11 is 0. The third kappa shape index (κ3) is 2.33. The van der Waals surface area contributed by atoms with Crippen molar-refractivity contribution in [1.29, 1.82) is 0 Å². The summed E-state index contributed by atoms with van der Waals surface area (Å²) in [7, 11) is 0. The Kier molecular flexibility index (Phi) is 2.69. The summed E-state index contributed by atoms with van der Waals surface area (Å²) in [5, 5.41) is 2.82. The maximum Gasteiger partial charge on any atom is 0.250 e. The predicted octanol–water partition coefficient (Wildman–Crippen LogP) is 2.91. The van der Waals surface area contributed by atoms with Crippen LogP contribution >= 0.6 is 0 Å². The van der Waals surface area contributed by atoms with Crippen LogP contribution in [0.25, 0.3) is 0 Å². The Morgan fingerprint density at radius 2 is 2.18 bits per heavy atom. The molecule has 2 rings (SSSR count). The number of para-hydroxylation sites is 1. The van der Waals surface area contributed by atoms with Crippen LogP contribution in [-0.4, -0.2) is 11.5 Å². The molecule has 0 spiro atoms. The first-order valence-corrected chi connectivity index (χ1v) is 5.67. The molecule has 0 unspecified atom stereocenters. The zero-order valence-electron chi connectivity index (χ0n) is 10.5. The molecule has 1 aliphatic rings. The van der Waals surface area contributed by atoms with Crippen LogP contribution in [0.5, 0.6) is 5.75 Å². The highest BCUT2D eigenvalue weighted by Crippen LogP contribution is 2.40. The molecule has 0 saturated carbocycles. The van der Waals surface area contributed by atoms with Gasteiger partial charge in [0.1, 0.15) is 11.4 Å². The fourth-order valence-corrected chi connectivity index (χ4v) is 1.94. The molecule has 3 heteroatoms. The number of rotatable bonds is 2. The van der Waals surface area contributed by atoms with E-state index in [4.69, 9.17) is 4.74 Å². The van der Waals surface area contributed by atoms with Crippen molar-refractivity contribution in [3.8, 4) is 5.75 Å². The van der Waals surface area contributed by atoms with Crippen LogP contribution in [0, 0.1) is 0 Å². The van der Waals surface area contributed by atoms with Gasteiger partial charge in [-0.05, 0) is 26.8 Å². The van der Waals surface area contributed by atoms with Crippen LogP contribution in [0.3, 0.4) is 0 Å². The Morgan fingerprint density at radius 3 is 2.82 bits per heavy atom. The van der Waals surface area contributed by atoms with E-state index in [-0.39, 0.29) is 11.5 Å². The van der Waals surface area contributed by atoms with Gasteiger partial charge in [-0.15, -0.1) is 0 Å². The average molecular weight is 231 g/mol. The van der Waals surface area contributed by atoms with Crippen LogP contribution < -0.4 is 10.1 Å². The first-order valence-electron chi connectivity index (χ1n) is 5.67. The summed E-state index contributed by atoms with van der Waals surface area (Å²) in [4.78, 5) is 11.6. The summed E-state index contributed by atoms with van der Waals surface area (Å²) in [6, 6.07) is 5.80. The first-order chi connectivity index (χ1) is 7.89. The number of hydrogen-bond acceptors (Lipinski definition) is 2. The van der Waals surface area contributed by atoms with E-state index in [1.807, 2.05) is 32.0 Å². The smallest absolute Gasteiger partial charge is 0.250 e. The number of nitrogens with one attached hydrogen (secondary N) is 1. The zero-order valence-corrected chi connectivity index (χ0v) is 10.5. The quantitative estimate of drug-likeness (QED) is 0.795. The lowest BCUT2D eigenvalue weighted by atomic mass is 10.0. The van der Waals surface area contributed by atoms with Gasteiger partial charge in [0.05, 0.1) is 5.69 Å². The topological polar surface area (TPSA) is 38.3 Å². The lowest BCUT2D eigenvalue weighted by molar-refractivity contribution is -0.112. The number of hydrogen-bond donors (Lipinski definition) is 1. The highest BCUT2D eigenvalue weighted by atomic mass is 16.5. The van der Waals surface area contributed by atoms with E-state index >= 15 is 0 Å². The largest absolute Gasteiger partial charge is 0.485 e. The molecule has 0 fully saturated rings. The van der Waals surface area contributed by atoms with Crippen molar-refractivity contribution in [3.05, 3.63) is 35.9 Å². The monoisotopic (exact) mass is 231 g/mol. The third-order valence-electron chi connectivity index (χ3n) is 2.73. The number of ether oxygens (including phenoxy) is 1. The molecular weight excluding hydrogens is 214 g/mol. The maximum atomic E-state index is 11.6. The van der Waals surface area contributed by atoms with E-state index in [1.165, 1.54) is 0 Å². The van der Waals surface area contributed by atoms with Crippen molar-refractivity contribution < 1.29 is 9.53 Å². The molecule has 17 heavy (non-hydrogen) atoms. The van der Waals surface area contributed by atoms with Gasteiger partial charge in [-0.1, -0.05) is 18.7 Å². The molecule has 3 nitrogen and oxygen atoms in total. The van der Waals surface area contributed by atoms with Gasteiger partial charge in [0.2, 0.25) is 0 Å². The molecule has 1 aliphatic heterocycles. The third-order valence-corrected chi connectivity index (χ3v) is 2.73. The predicted molar refractivity (Wildman–Crippen MR) is 68.3 cm³/mol. The Labute approximate surface area is 101 Å². The van der Waals surface area contributed by atoms with E-state index in [0.717, 1.165) is 23.4 Å². The highest BCUT2D eigenvalue weighted by molar-refractivity contribution is 6.03. The second kappa shape index (κ2) is 3.91. The SMILES string of the molecule is C=C(C)C(=O)Nc1cccc2c1OC(C)(C)C2. The standard InChI is InChI=1S/C14H17NO2/c1-9(2)13(16)15-11-7-5-6-10-8-14(3,4)17-12(10)11/h5-7H,1,8H2,2-4H3,(H,15,16). The number of benzene rings is 1. The molecule has 0 atom stereocenters. The summed E-state index contributed by atoms with van der Waals surface area (Å²) in [6.45, 7) is 9.38. The molecule has 1 amide bonds. The van der Waals surface area contributed by atoms with Gasteiger partial charge in [-0.25, -0.2) is 0 Å². The van der Waals surface area contributed by atoms with E-state index in [2.05, 4.69) is 11.9 Å². The molecule has 0 radical (unpaired) electrons. The van der Waals surface area contributed by atoms with Gasteiger partial charge in [-0.3, -0.25) is 4.79 Å². The van der Waals surface area contributed by atoms with Crippen LogP contribution in [0.2, 0.25) is 0 Å². The second-order valence-electron chi connectivity index (χ2n) is 5.07. The van der Waals surface area contributed by atoms with Gasteiger partial charge < -0.3 is 10.1 Å². The summed E-state index contributed by atoms with van der Waals surface area (Å²) in [5.41, 5.74) is 2.14. The number of fused-ring (bicyclic) bond motifs is 1. The van der Waals surface area contributed by atoms with Crippen molar-refractivity contribution in [3.63, 3.8) is 0 Å². The lowest BCUT2D eigenvalue weighted by Gasteiger charge is -2.18. The Balaban J connectivity index is 2.30. The fraction of sp³-hybridized carbons (Fsp3) is 0.357. The van der Waals surface area contributed by atoms with Crippen LogP contribution in [0.1, 0.15) is 26.3 Å². The molecule has 1 aromatic rings. The van der Waals surface area contributed by atoms with E-state index < -0.39 is 0 Å². The van der Waals surface area contributed by atoms with Gasteiger partial charge in [-0.2, -0.15) is 0 Å². The maximum absolute atomic E-state index is 11.6. The van der Waals surface area contributed by atoms with Crippen molar-refractivity contribution in [1.82, 2.24) is 0 Å². The van der Waals surface area contributed by atoms with Crippen molar-refractivity contribution in [2.75, 3.05) is 5.32 Å². The molecule has 0 saturated heterocycles. The normalized spacial score (nSPS) is 15.9. The summed E-state index contributed by atoms with van der Waals surface area (Å²) in [6.07, 6.45) is 0.860. The average Bonchev–Trinajstić information content (AvgIpc) is 2.53. The Hall–Kier alpha value is -1.77. The van der Waals surface area contributed by atoms with Crippen molar-refractivity contribution >= 4 is 11.6 Å². The molecule has 1 N–H and O–H groups in total. The minimum absolute atomic E-state index is 0.174. The van der Waals surface area contributed by atoms with Crippen LogP contribution in [0.4, 0.5) is 5.69 Å². The minimum atomic E-state index is -0.202. The molecule has 1 aromatic carbocycles. The minimum Gasteiger partial charge on any atom is -0.485 e. The van der Waals surface area contributed by atoms with Gasteiger partial charge in [0.25, 0.3) is 5.91 Å². The number of anilines is 1. The lowest BCUT2D eigenvalue weighted by Crippen LogP contribution is -2.25. The van der Waals surface area contributed by atoms with Crippen LogP contribution in [0.15, 0.2) is 30.4 Å². The number of carbonyl (C=O) groups excluding carboxylic acids is 1. The summed E-state index contributed by atoms with van der Waals surface area (Å²) in [5.74, 6) is 0.610. The Bertz CT molecular complexity index is 489. The van der Waals surface area contributed by atoms with E-state index in [0.29, 0.717) is 5.57 Å². The summed E-state index contributed by atoms with van der Waals surface area (Å²) < 4.78 is 5.86. The molecule has 0 aliphatic carbocycles. The molecule has 90 valence electrons.